The van der Waals surface area contributed by atoms with E-state index in [-0.39, 0.29) is 6.04 Å². The van der Waals surface area contributed by atoms with Gasteiger partial charge in [0, 0.05) is 13.2 Å². The van der Waals surface area contributed by atoms with Crippen molar-refractivity contribution >= 4 is 0 Å². The van der Waals surface area contributed by atoms with E-state index in [1.54, 1.807) is 0 Å². The van der Waals surface area contributed by atoms with Crippen molar-refractivity contribution in [2.75, 3.05) is 26.4 Å². The topological polar surface area (TPSA) is 69.4 Å². The van der Waals surface area contributed by atoms with Crippen LogP contribution in [0.1, 0.15) is 37.5 Å². The van der Waals surface area contributed by atoms with Crippen molar-refractivity contribution in [3.63, 3.8) is 0 Å². The van der Waals surface area contributed by atoms with Crippen LogP contribution < -0.4 is 5.32 Å². The average molecular weight is 239 g/mol. The Morgan fingerprint density at radius 2 is 2.35 bits per heavy atom. The van der Waals surface area contributed by atoms with Crippen molar-refractivity contribution in [1.82, 2.24) is 15.5 Å². The van der Waals surface area contributed by atoms with E-state index in [1.807, 2.05) is 6.92 Å². The first kappa shape index (κ1) is 11.1. The number of rotatable bonds is 2. The van der Waals surface area contributed by atoms with Gasteiger partial charge in [-0.2, -0.15) is 4.98 Å². The van der Waals surface area contributed by atoms with Crippen molar-refractivity contribution in [2.45, 2.75) is 31.4 Å². The zero-order chi connectivity index (χ0) is 11.7. The van der Waals surface area contributed by atoms with Crippen LogP contribution in [0.3, 0.4) is 0 Å². The third-order valence-electron chi connectivity index (χ3n) is 3.35. The molecule has 3 heterocycles. The van der Waals surface area contributed by atoms with Crippen LogP contribution in [0, 0.1) is 0 Å². The molecule has 2 aliphatic rings. The van der Waals surface area contributed by atoms with Crippen molar-refractivity contribution in [2.24, 2.45) is 0 Å². The van der Waals surface area contributed by atoms with E-state index in [4.69, 9.17) is 14.0 Å². The van der Waals surface area contributed by atoms with Gasteiger partial charge in [-0.1, -0.05) is 5.16 Å². The summed E-state index contributed by atoms with van der Waals surface area (Å²) in [5.41, 5.74) is -0.402. The molecule has 0 amide bonds. The average Bonchev–Trinajstić information content (AvgIpc) is 2.99. The van der Waals surface area contributed by atoms with Gasteiger partial charge in [-0.3, -0.25) is 0 Å². The fraction of sp³-hybridized carbons (Fsp3) is 0.818. The lowest BCUT2D eigenvalue weighted by Crippen LogP contribution is -2.35. The first-order chi connectivity index (χ1) is 8.28. The lowest BCUT2D eigenvalue weighted by Gasteiger charge is -2.21. The summed E-state index contributed by atoms with van der Waals surface area (Å²) in [6, 6.07) is 0.0336. The fourth-order valence-electron chi connectivity index (χ4n) is 2.27. The quantitative estimate of drug-likeness (QED) is 0.821. The van der Waals surface area contributed by atoms with Gasteiger partial charge in [0.25, 0.3) is 5.89 Å². The first-order valence-corrected chi connectivity index (χ1v) is 6.07. The number of hydrogen-bond donors (Lipinski definition) is 1. The van der Waals surface area contributed by atoms with Gasteiger partial charge in [0.1, 0.15) is 5.60 Å². The summed E-state index contributed by atoms with van der Waals surface area (Å²) >= 11 is 0. The first-order valence-electron chi connectivity index (χ1n) is 6.07. The largest absolute Gasteiger partial charge is 0.378 e. The normalized spacial score (nSPS) is 34.1. The Bertz CT molecular complexity index is 381. The molecule has 1 aromatic rings. The van der Waals surface area contributed by atoms with E-state index in [0.29, 0.717) is 18.3 Å². The number of nitrogens with one attached hydrogen (secondary N) is 1. The van der Waals surface area contributed by atoms with Crippen molar-refractivity contribution in [1.29, 1.82) is 0 Å². The third-order valence-corrected chi connectivity index (χ3v) is 3.35. The van der Waals surface area contributed by atoms with Crippen molar-refractivity contribution in [3.8, 4) is 0 Å². The summed E-state index contributed by atoms with van der Waals surface area (Å²) in [7, 11) is 0. The highest BCUT2D eigenvalue weighted by atomic mass is 16.5. The molecule has 6 heteroatoms. The molecule has 2 aliphatic heterocycles. The molecule has 17 heavy (non-hydrogen) atoms. The molecule has 94 valence electrons. The molecule has 0 aliphatic carbocycles. The SMILES string of the molecule is CC1(c2nc(C3COCCN3)no2)CCCO1. The van der Waals surface area contributed by atoms with Gasteiger partial charge in [0.05, 0.1) is 19.3 Å². The van der Waals surface area contributed by atoms with Gasteiger partial charge < -0.3 is 19.3 Å². The maximum absolute atomic E-state index is 5.68. The molecule has 0 saturated carbocycles. The Morgan fingerprint density at radius 3 is 3.06 bits per heavy atom. The third kappa shape index (κ3) is 2.08. The fourth-order valence-corrected chi connectivity index (χ4v) is 2.27. The minimum Gasteiger partial charge on any atom is -0.378 e. The minimum atomic E-state index is -0.402. The van der Waals surface area contributed by atoms with Crippen LogP contribution in [0.4, 0.5) is 0 Å². The Balaban J connectivity index is 1.77. The van der Waals surface area contributed by atoms with E-state index < -0.39 is 5.60 Å². The molecule has 1 aromatic heterocycles. The van der Waals surface area contributed by atoms with Crippen LogP contribution in [-0.4, -0.2) is 36.5 Å². The van der Waals surface area contributed by atoms with Crippen LogP contribution in [0.15, 0.2) is 4.52 Å². The Hall–Kier alpha value is -0.980. The lowest BCUT2D eigenvalue weighted by molar-refractivity contribution is -0.00937. The summed E-state index contributed by atoms with van der Waals surface area (Å²) in [4.78, 5) is 4.44. The molecule has 2 saturated heterocycles. The van der Waals surface area contributed by atoms with Crippen LogP contribution in [0.5, 0.6) is 0 Å². The number of hydrogen-bond acceptors (Lipinski definition) is 6. The summed E-state index contributed by atoms with van der Waals surface area (Å²) < 4.78 is 16.4. The minimum absolute atomic E-state index is 0.0336. The smallest absolute Gasteiger partial charge is 0.258 e. The second-order valence-corrected chi connectivity index (χ2v) is 4.72. The maximum atomic E-state index is 5.68. The zero-order valence-electron chi connectivity index (χ0n) is 9.94. The summed E-state index contributed by atoms with van der Waals surface area (Å²) in [6.45, 7) is 4.92. The molecular formula is C11H17N3O3. The molecular weight excluding hydrogens is 222 g/mol. The van der Waals surface area contributed by atoms with Gasteiger partial charge in [-0.25, -0.2) is 0 Å². The molecule has 2 unspecified atom stereocenters. The van der Waals surface area contributed by atoms with E-state index in [2.05, 4.69) is 15.5 Å². The molecule has 3 rings (SSSR count). The van der Waals surface area contributed by atoms with Gasteiger partial charge in [-0.05, 0) is 19.8 Å². The number of aromatic nitrogens is 2. The summed E-state index contributed by atoms with van der Waals surface area (Å²) in [5, 5.41) is 7.32. The Morgan fingerprint density at radius 1 is 1.41 bits per heavy atom. The van der Waals surface area contributed by atoms with Crippen LogP contribution in [-0.2, 0) is 15.1 Å². The number of ether oxygens (including phenoxy) is 2. The molecule has 0 bridgehead atoms. The van der Waals surface area contributed by atoms with Crippen LogP contribution in [0.25, 0.3) is 0 Å². The second kappa shape index (κ2) is 4.36. The van der Waals surface area contributed by atoms with E-state index in [9.17, 15) is 0 Å². The standard InChI is InChI=1S/C11H17N3O3/c1-11(3-2-5-16-11)10-13-9(14-17-10)8-7-15-6-4-12-8/h8,12H,2-7H2,1H3. The van der Waals surface area contributed by atoms with Gasteiger partial charge in [-0.15, -0.1) is 0 Å². The van der Waals surface area contributed by atoms with Crippen molar-refractivity contribution in [3.05, 3.63) is 11.7 Å². The number of nitrogens with zero attached hydrogens (tertiary/aromatic N) is 2. The molecule has 0 aromatic carbocycles. The predicted octanol–water partition coefficient (Wildman–Crippen LogP) is 0.756. The summed E-state index contributed by atoms with van der Waals surface area (Å²) in [6.07, 6.45) is 1.97. The monoisotopic (exact) mass is 239 g/mol. The van der Waals surface area contributed by atoms with Crippen LogP contribution in [0.2, 0.25) is 0 Å². The van der Waals surface area contributed by atoms with E-state index in [0.717, 1.165) is 32.6 Å². The maximum Gasteiger partial charge on any atom is 0.258 e. The Labute approximate surface area is 99.7 Å². The highest BCUT2D eigenvalue weighted by Gasteiger charge is 2.38. The summed E-state index contributed by atoms with van der Waals surface area (Å²) in [5.74, 6) is 1.24. The van der Waals surface area contributed by atoms with E-state index >= 15 is 0 Å². The predicted molar refractivity (Wildman–Crippen MR) is 58.4 cm³/mol. The lowest BCUT2D eigenvalue weighted by atomic mass is 10.0. The highest BCUT2D eigenvalue weighted by molar-refractivity contribution is 5.03. The molecule has 0 radical (unpaired) electrons. The van der Waals surface area contributed by atoms with Gasteiger partial charge >= 0.3 is 0 Å². The van der Waals surface area contributed by atoms with Crippen molar-refractivity contribution < 1.29 is 14.0 Å². The van der Waals surface area contributed by atoms with Crippen LogP contribution >= 0.6 is 0 Å². The highest BCUT2D eigenvalue weighted by Crippen LogP contribution is 2.34. The second-order valence-electron chi connectivity index (χ2n) is 4.72. The molecule has 1 N–H and O–H groups in total. The molecule has 6 nitrogen and oxygen atoms in total. The van der Waals surface area contributed by atoms with E-state index in [1.165, 1.54) is 0 Å². The number of morpholine rings is 1. The Kier molecular flexibility index (Phi) is 2.85. The molecule has 0 spiro atoms. The molecule has 2 fully saturated rings. The zero-order valence-corrected chi connectivity index (χ0v) is 9.94. The van der Waals surface area contributed by atoms with Gasteiger partial charge in [0.15, 0.2) is 5.82 Å². The van der Waals surface area contributed by atoms with Gasteiger partial charge in [0.2, 0.25) is 0 Å². The molecule has 2 atom stereocenters.